The van der Waals surface area contributed by atoms with E-state index >= 15 is 0 Å². The summed E-state index contributed by atoms with van der Waals surface area (Å²) in [5, 5.41) is 14.6. The van der Waals surface area contributed by atoms with Gasteiger partial charge in [0.15, 0.2) is 6.61 Å². The molecule has 3 rings (SSSR count). The highest BCUT2D eigenvalue weighted by Crippen LogP contribution is 2.18. The molecule has 7 heteroatoms. The second kappa shape index (κ2) is 10.8. The predicted octanol–water partition coefficient (Wildman–Crippen LogP) is 3.91. The lowest BCUT2D eigenvalue weighted by atomic mass is 10.1. The van der Waals surface area contributed by atoms with Crippen LogP contribution in [0.3, 0.4) is 0 Å². The van der Waals surface area contributed by atoms with Crippen molar-refractivity contribution in [3.63, 3.8) is 0 Å². The number of aromatic hydroxyl groups is 1. The van der Waals surface area contributed by atoms with Gasteiger partial charge in [-0.15, -0.1) is 0 Å². The molecule has 3 N–H and O–H groups in total. The number of carbonyl (C=O) groups is 2. The summed E-state index contributed by atoms with van der Waals surface area (Å²) < 4.78 is 19.1. The Labute approximate surface area is 179 Å². The fourth-order valence-electron chi connectivity index (χ4n) is 2.92. The van der Waals surface area contributed by atoms with Crippen LogP contribution in [0.2, 0.25) is 0 Å². The van der Waals surface area contributed by atoms with E-state index < -0.39 is 11.7 Å². The van der Waals surface area contributed by atoms with Crippen LogP contribution >= 0.6 is 0 Å². The minimum absolute atomic E-state index is 0.0655. The molecule has 0 aliphatic heterocycles. The molecule has 2 amide bonds. The number of amides is 2. The molecule has 0 bridgehead atoms. The van der Waals surface area contributed by atoms with Crippen molar-refractivity contribution in [2.75, 3.05) is 18.5 Å². The topological polar surface area (TPSA) is 87.7 Å². The van der Waals surface area contributed by atoms with Crippen LogP contribution in [0.15, 0.2) is 72.8 Å². The van der Waals surface area contributed by atoms with E-state index in [1.54, 1.807) is 42.5 Å². The van der Waals surface area contributed by atoms with Crippen molar-refractivity contribution < 1.29 is 23.8 Å². The number of phenolic OH excluding ortho intramolecular Hbond substituents is 1. The zero-order valence-corrected chi connectivity index (χ0v) is 16.8. The summed E-state index contributed by atoms with van der Waals surface area (Å²) in [5.41, 5.74) is 1.44. The summed E-state index contributed by atoms with van der Waals surface area (Å²) in [5.74, 6) is -0.897. The molecule has 0 saturated heterocycles. The molecule has 6 nitrogen and oxygen atoms in total. The molecule has 0 aliphatic rings. The van der Waals surface area contributed by atoms with Gasteiger partial charge in [-0.2, -0.15) is 0 Å². The molecular formula is C24H23FN2O4. The number of phenols is 1. The molecule has 3 aromatic rings. The Balaban J connectivity index is 1.49. The van der Waals surface area contributed by atoms with Gasteiger partial charge in [0.25, 0.3) is 11.8 Å². The van der Waals surface area contributed by atoms with Crippen LogP contribution < -0.4 is 15.4 Å². The van der Waals surface area contributed by atoms with Gasteiger partial charge in [-0.25, -0.2) is 4.39 Å². The van der Waals surface area contributed by atoms with E-state index in [0.717, 1.165) is 18.4 Å². The van der Waals surface area contributed by atoms with Crippen molar-refractivity contribution in [2.45, 2.75) is 12.8 Å². The number of benzene rings is 3. The third-order valence-corrected chi connectivity index (χ3v) is 4.50. The van der Waals surface area contributed by atoms with Crippen molar-refractivity contribution in [1.29, 1.82) is 0 Å². The SMILES string of the molecule is O=C(COc1ccccc1C(=O)NCCCc1ccc(O)cc1)Nc1ccccc1F. The number of ether oxygens (including phenoxy) is 1. The molecule has 0 spiro atoms. The van der Waals surface area contributed by atoms with E-state index in [1.165, 1.54) is 18.2 Å². The van der Waals surface area contributed by atoms with Crippen LogP contribution in [0, 0.1) is 5.82 Å². The van der Waals surface area contributed by atoms with Crippen molar-refractivity contribution >= 4 is 17.5 Å². The first-order chi connectivity index (χ1) is 15.0. The first-order valence-electron chi connectivity index (χ1n) is 9.85. The monoisotopic (exact) mass is 422 g/mol. The number of carbonyl (C=O) groups excluding carboxylic acids is 2. The minimum Gasteiger partial charge on any atom is -0.508 e. The molecule has 0 heterocycles. The fraction of sp³-hybridized carbons (Fsp3) is 0.167. The van der Waals surface area contributed by atoms with E-state index in [-0.39, 0.29) is 29.7 Å². The van der Waals surface area contributed by atoms with Crippen LogP contribution in [0.5, 0.6) is 11.5 Å². The summed E-state index contributed by atoms with van der Waals surface area (Å²) in [4.78, 5) is 24.6. The first-order valence-corrected chi connectivity index (χ1v) is 9.85. The summed E-state index contributed by atoms with van der Waals surface area (Å²) in [6.07, 6.45) is 1.49. The van der Waals surface area contributed by atoms with Crippen molar-refractivity contribution in [3.05, 3.63) is 89.7 Å². The van der Waals surface area contributed by atoms with Crippen molar-refractivity contribution in [1.82, 2.24) is 5.32 Å². The van der Waals surface area contributed by atoms with E-state index in [0.29, 0.717) is 12.1 Å². The molecule has 0 radical (unpaired) electrons. The molecule has 0 saturated carbocycles. The third kappa shape index (κ3) is 6.57. The largest absolute Gasteiger partial charge is 0.508 e. The molecule has 0 unspecified atom stereocenters. The third-order valence-electron chi connectivity index (χ3n) is 4.50. The number of aryl methyl sites for hydroxylation is 1. The maximum atomic E-state index is 13.6. The van der Waals surface area contributed by atoms with Crippen LogP contribution in [-0.2, 0) is 11.2 Å². The number of nitrogens with one attached hydrogen (secondary N) is 2. The van der Waals surface area contributed by atoms with Crippen LogP contribution in [0.1, 0.15) is 22.3 Å². The normalized spacial score (nSPS) is 10.4. The lowest BCUT2D eigenvalue weighted by molar-refractivity contribution is -0.118. The van der Waals surface area contributed by atoms with Gasteiger partial charge < -0.3 is 20.5 Å². The number of anilines is 1. The summed E-state index contributed by atoms with van der Waals surface area (Å²) in [6.45, 7) is 0.0985. The van der Waals surface area contributed by atoms with E-state index in [1.807, 2.05) is 12.1 Å². The van der Waals surface area contributed by atoms with Crippen LogP contribution in [-0.4, -0.2) is 30.1 Å². The zero-order chi connectivity index (χ0) is 22.1. The number of hydrogen-bond donors (Lipinski definition) is 3. The number of rotatable bonds is 9. The molecule has 0 fully saturated rings. The summed E-state index contributed by atoms with van der Waals surface area (Å²) in [7, 11) is 0. The highest BCUT2D eigenvalue weighted by atomic mass is 19.1. The lowest BCUT2D eigenvalue weighted by Crippen LogP contribution is -2.26. The van der Waals surface area contributed by atoms with Gasteiger partial charge in [0, 0.05) is 6.54 Å². The average Bonchev–Trinajstić information content (AvgIpc) is 2.78. The Morgan fingerprint density at radius 2 is 1.65 bits per heavy atom. The highest BCUT2D eigenvalue weighted by Gasteiger charge is 2.13. The van der Waals surface area contributed by atoms with Crippen LogP contribution in [0.25, 0.3) is 0 Å². The standard InChI is InChI=1S/C24H23FN2O4/c25-20-8-2-3-9-21(20)27-23(29)16-31-22-10-4-1-7-19(22)24(30)26-15-5-6-17-11-13-18(28)14-12-17/h1-4,7-14,28H,5-6,15-16H2,(H,26,30)(H,27,29). The summed E-state index contributed by atoms with van der Waals surface area (Å²) >= 11 is 0. The maximum Gasteiger partial charge on any atom is 0.262 e. The molecule has 31 heavy (non-hydrogen) atoms. The second-order valence-corrected chi connectivity index (χ2v) is 6.84. The molecule has 160 valence electrons. The van der Waals surface area contributed by atoms with Crippen LogP contribution in [0.4, 0.5) is 10.1 Å². The Kier molecular flexibility index (Phi) is 7.59. The van der Waals surface area contributed by atoms with Gasteiger partial charge in [-0.1, -0.05) is 36.4 Å². The Bertz CT molecular complexity index is 1040. The highest BCUT2D eigenvalue weighted by molar-refractivity contribution is 5.97. The molecule has 0 atom stereocenters. The Hall–Kier alpha value is -3.87. The van der Waals surface area contributed by atoms with Gasteiger partial charge in [-0.05, 0) is 54.8 Å². The van der Waals surface area contributed by atoms with Crippen molar-refractivity contribution in [2.24, 2.45) is 0 Å². The van der Waals surface area contributed by atoms with Gasteiger partial charge in [0.1, 0.15) is 17.3 Å². The smallest absolute Gasteiger partial charge is 0.262 e. The van der Waals surface area contributed by atoms with E-state index in [2.05, 4.69) is 10.6 Å². The molecular weight excluding hydrogens is 399 g/mol. The minimum atomic E-state index is -0.539. The van der Waals surface area contributed by atoms with Gasteiger partial charge in [0.2, 0.25) is 0 Å². The molecule has 0 aliphatic carbocycles. The van der Waals surface area contributed by atoms with Gasteiger partial charge >= 0.3 is 0 Å². The maximum absolute atomic E-state index is 13.6. The molecule has 3 aromatic carbocycles. The predicted molar refractivity (Wildman–Crippen MR) is 116 cm³/mol. The van der Waals surface area contributed by atoms with Crippen molar-refractivity contribution in [3.8, 4) is 11.5 Å². The van der Waals surface area contributed by atoms with E-state index in [9.17, 15) is 19.1 Å². The Morgan fingerprint density at radius 3 is 2.42 bits per heavy atom. The first kappa shape index (κ1) is 21.8. The lowest BCUT2D eigenvalue weighted by Gasteiger charge is -2.12. The Morgan fingerprint density at radius 1 is 0.935 bits per heavy atom. The van der Waals surface area contributed by atoms with Gasteiger partial charge in [0.05, 0.1) is 11.3 Å². The van der Waals surface area contributed by atoms with E-state index in [4.69, 9.17) is 4.74 Å². The quantitative estimate of drug-likeness (QED) is 0.456. The second-order valence-electron chi connectivity index (χ2n) is 6.84. The molecule has 0 aromatic heterocycles. The number of hydrogen-bond acceptors (Lipinski definition) is 4. The average molecular weight is 422 g/mol. The number of para-hydroxylation sites is 2. The van der Waals surface area contributed by atoms with Gasteiger partial charge in [-0.3, -0.25) is 9.59 Å². The number of halogens is 1. The zero-order valence-electron chi connectivity index (χ0n) is 16.8. The fourth-order valence-corrected chi connectivity index (χ4v) is 2.92. The summed E-state index contributed by atoms with van der Waals surface area (Å²) in [6, 6.07) is 19.4.